The Labute approximate surface area is 188 Å². The van der Waals surface area contributed by atoms with Crippen LogP contribution in [0.25, 0.3) is 16.6 Å². The van der Waals surface area contributed by atoms with Gasteiger partial charge < -0.3 is 15.1 Å². The van der Waals surface area contributed by atoms with E-state index in [-0.39, 0.29) is 38.0 Å². The third kappa shape index (κ3) is 5.70. The molecule has 0 radical (unpaired) electrons. The van der Waals surface area contributed by atoms with E-state index < -0.39 is 35.2 Å². The molecule has 0 unspecified atom stereocenters. The van der Waals surface area contributed by atoms with Crippen LogP contribution in [-0.2, 0) is 26.5 Å². The summed E-state index contributed by atoms with van der Waals surface area (Å²) in [4.78, 5) is 23.2. The summed E-state index contributed by atoms with van der Waals surface area (Å²) in [7, 11) is 0. The topological polar surface area (TPSA) is 69.8 Å². The van der Waals surface area contributed by atoms with Crippen molar-refractivity contribution in [3.63, 3.8) is 0 Å². The normalized spacial score (nSPS) is 11.6. The Morgan fingerprint density at radius 2 is 1.58 bits per heavy atom. The summed E-state index contributed by atoms with van der Waals surface area (Å²) in [6.45, 7) is 3.36. The number of rotatable bonds is 4. The van der Waals surface area contributed by atoms with E-state index in [2.05, 4.69) is 26.3 Å². The van der Waals surface area contributed by atoms with E-state index in [1.54, 1.807) is 26.0 Å². The minimum Gasteiger partial charge on any atom is -0.560 e. The van der Waals surface area contributed by atoms with E-state index >= 15 is 0 Å². The molecular formula is C20H13F5N4OPt. The zero-order chi connectivity index (χ0) is 22.1. The Kier molecular flexibility index (Phi) is 7.26. The largest absolute Gasteiger partial charge is 2.00 e. The van der Waals surface area contributed by atoms with Crippen molar-refractivity contribution in [1.29, 1.82) is 0 Å². The monoisotopic (exact) mass is 615 g/mol. The fourth-order valence-corrected chi connectivity index (χ4v) is 2.68. The van der Waals surface area contributed by atoms with Gasteiger partial charge in [0.15, 0.2) is 0 Å². The molecule has 3 aromatic heterocycles. The first-order valence-corrected chi connectivity index (χ1v) is 8.50. The van der Waals surface area contributed by atoms with Crippen LogP contribution in [0, 0.1) is 18.0 Å². The van der Waals surface area contributed by atoms with Gasteiger partial charge in [0.05, 0.1) is 11.4 Å². The molecule has 5 nitrogen and oxygen atoms in total. The number of carbonyl (C=O) groups is 1. The van der Waals surface area contributed by atoms with Gasteiger partial charge in [-0.05, 0) is 37.7 Å². The van der Waals surface area contributed by atoms with Crippen molar-refractivity contribution >= 4 is 5.91 Å². The molecule has 0 spiro atoms. The van der Waals surface area contributed by atoms with Gasteiger partial charge in [-0.1, -0.05) is 29.8 Å². The molecule has 0 saturated carbocycles. The van der Waals surface area contributed by atoms with E-state index in [9.17, 15) is 26.7 Å². The van der Waals surface area contributed by atoms with Crippen LogP contribution in [0.4, 0.5) is 22.0 Å². The van der Waals surface area contributed by atoms with Gasteiger partial charge in [-0.25, -0.2) is 8.78 Å². The Bertz CT molecular complexity index is 1100. The summed E-state index contributed by atoms with van der Waals surface area (Å²) in [5, 5.41) is 2.15. The molecule has 0 aromatic carbocycles. The van der Waals surface area contributed by atoms with Crippen LogP contribution in [0.5, 0.6) is 0 Å². The molecule has 0 aliphatic heterocycles. The van der Waals surface area contributed by atoms with Crippen LogP contribution < -0.4 is 0 Å². The van der Waals surface area contributed by atoms with E-state index in [1.807, 2.05) is 0 Å². The fourth-order valence-electron chi connectivity index (χ4n) is 2.68. The average Bonchev–Trinajstić information content (AvgIpc) is 2.67. The van der Waals surface area contributed by atoms with Crippen molar-refractivity contribution in [2.24, 2.45) is 0 Å². The zero-order valence-electron chi connectivity index (χ0n) is 15.9. The molecule has 0 aliphatic carbocycles. The van der Waals surface area contributed by atoms with E-state index in [4.69, 9.17) is 0 Å². The first-order chi connectivity index (χ1) is 14.0. The van der Waals surface area contributed by atoms with Gasteiger partial charge in [-0.15, -0.1) is 6.07 Å². The quantitative estimate of drug-likeness (QED) is 0.180. The molecule has 164 valence electrons. The summed E-state index contributed by atoms with van der Waals surface area (Å²) >= 11 is 0. The van der Waals surface area contributed by atoms with Gasteiger partial charge in [-0.3, -0.25) is 9.97 Å². The molecule has 0 atom stereocenters. The maximum Gasteiger partial charge on any atom is 2.00 e. The minimum atomic E-state index is -5.01. The molecule has 1 amide bonds. The number of pyridine rings is 3. The molecule has 0 aliphatic rings. The number of aromatic nitrogens is 3. The van der Waals surface area contributed by atoms with E-state index in [1.165, 1.54) is 18.2 Å². The van der Waals surface area contributed by atoms with Gasteiger partial charge in [0.1, 0.15) is 17.8 Å². The summed E-state index contributed by atoms with van der Waals surface area (Å²) in [5.41, 5.74) is -0.843. The van der Waals surface area contributed by atoms with Crippen molar-refractivity contribution in [2.75, 3.05) is 0 Å². The summed E-state index contributed by atoms with van der Waals surface area (Å²) in [5.74, 6) is -3.63. The first kappa shape index (κ1) is 24.5. The maximum atomic E-state index is 14.0. The fraction of sp³-hybridized carbons (Fsp3) is 0.200. The third-order valence-corrected chi connectivity index (χ3v) is 4.23. The molecule has 3 aromatic rings. The number of carbonyl (C=O) groups excluding carboxylic acids is 1. The van der Waals surface area contributed by atoms with Gasteiger partial charge in [0.25, 0.3) is 0 Å². The van der Waals surface area contributed by atoms with Crippen molar-refractivity contribution in [1.82, 2.24) is 15.0 Å². The second-order valence-corrected chi connectivity index (χ2v) is 6.71. The smallest absolute Gasteiger partial charge is 0.560 e. The Morgan fingerprint density at radius 1 is 0.968 bits per heavy atom. The van der Waals surface area contributed by atoms with Crippen LogP contribution in [0.2, 0.25) is 0 Å². The number of nitrogens with zero attached hydrogens (tertiary/aromatic N) is 4. The SMILES string of the molecule is CC(C)(c1cccc(C(=O)[N-]C(F)(F)F)n1)c1cccc(-c2[c-]cc(F)nc2F)n1.[Pt+2]. The van der Waals surface area contributed by atoms with Gasteiger partial charge in [0.2, 0.25) is 0 Å². The zero-order valence-corrected chi connectivity index (χ0v) is 18.2. The maximum absolute atomic E-state index is 14.0. The Hall–Kier alpha value is -2.74. The predicted octanol–water partition coefficient (Wildman–Crippen LogP) is 4.97. The summed E-state index contributed by atoms with van der Waals surface area (Å²) in [6, 6.07) is 12.0. The number of amides is 1. The summed E-state index contributed by atoms with van der Waals surface area (Å²) in [6.07, 6.45) is -5.01. The number of hydrogen-bond acceptors (Lipinski definition) is 4. The molecule has 3 heterocycles. The molecule has 0 bridgehead atoms. The number of alkyl halides is 3. The molecule has 0 N–H and O–H groups in total. The number of hydrogen-bond donors (Lipinski definition) is 0. The van der Waals surface area contributed by atoms with Gasteiger partial charge in [0, 0.05) is 11.1 Å². The van der Waals surface area contributed by atoms with Crippen LogP contribution in [0.3, 0.4) is 0 Å². The van der Waals surface area contributed by atoms with E-state index in [0.717, 1.165) is 12.1 Å². The van der Waals surface area contributed by atoms with Gasteiger partial charge in [-0.2, -0.15) is 13.2 Å². The van der Waals surface area contributed by atoms with Crippen LogP contribution in [-0.4, -0.2) is 27.2 Å². The molecule has 0 fully saturated rings. The summed E-state index contributed by atoms with van der Waals surface area (Å²) < 4.78 is 64.1. The van der Waals surface area contributed by atoms with Crippen molar-refractivity contribution < 1.29 is 47.8 Å². The molecule has 11 heteroatoms. The molecule has 31 heavy (non-hydrogen) atoms. The van der Waals surface area contributed by atoms with Crippen molar-refractivity contribution in [3.8, 4) is 11.3 Å². The second kappa shape index (κ2) is 9.18. The third-order valence-electron chi connectivity index (χ3n) is 4.23. The second-order valence-electron chi connectivity index (χ2n) is 6.71. The number of halogens is 5. The van der Waals surface area contributed by atoms with Crippen LogP contribution >= 0.6 is 0 Å². The van der Waals surface area contributed by atoms with Crippen molar-refractivity contribution in [3.05, 3.63) is 82.8 Å². The standard InChI is InChI=1S/C20H14F5N4O.Pt/c1-19(2,15-8-4-6-13(27-15)18(30)29-20(23,24)25)14-7-3-5-12(26-14)11-9-10-16(21)28-17(11)22;/h3-8,10H,1-2H3,(H,29,30);/q-1;+2/p-1. The first-order valence-electron chi connectivity index (χ1n) is 8.50. The predicted molar refractivity (Wildman–Crippen MR) is 96.3 cm³/mol. The van der Waals surface area contributed by atoms with E-state index in [0.29, 0.717) is 5.69 Å². The van der Waals surface area contributed by atoms with Crippen LogP contribution in [0.15, 0.2) is 42.5 Å². The Morgan fingerprint density at radius 3 is 2.19 bits per heavy atom. The molecular weight excluding hydrogens is 602 g/mol. The van der Waals surface area contributed by atoms with Crippen molar-refractivity contribution in [2.45, 2.75) is 25.6 Å². The van der Waals surface area contributed by atoms with Crippen LogP contribution in [0.1, 0.15) is 35.7 Å². The molecule has 0 saturated heterocycles. The average molecular weight is 615 g/mol. The Balaban J connectivity index is 0.00000341. The molecule has 3 rings (SSSR count). The van der Waals surface area contributed by atoms with Gasteiger partial charge >= 0.3 is 27.4 Å². The minimum absolute atomic E-state index is 0.